The predicted octanol–water partition coefficient (Wildman–Crippen LogP) is 5.65. The van der Waals surface area contributed by atoms with Crippen LogP contribution in [0.5, 0.6) is 0 Å². The normalized spacial score (nSPS) is 16.3. The maximum Gasteiger partial charge on any atom is 0.213 e. The van der Waals surface area contributed by atoms with Crippen molar-refractivity contribution in [3.63, 3.8) is 0 Å². The fourth-order valence-electron chi connectivity index (χ4n) is 5.43. The number of nitrogens with one attached hydrogen (secondary N) is 4. The molecule has 1 aliphatic heterocycles. The van der Waals surface area contributed by atoms with Gasteiger partial charge < -0.3 is 21.2 Å². The molecule has 1 unspecified atom stereocenters. The highest BCUT2D eigenvalue weighted by Gasteiger charge is 2.41. The molecule has 0 amide bonds. The highest BCUT2D eigenvalue weighted by molar-refractivity contribution is 6.35. The van der Waals surface area contributed by atoms with Gasteiger partial charge in [0.2, 0.25) is 11.7 Å². The van der Waals surface area contributed by atoms with E-state index >= 15 is 0 Å². The Morgan fingerprint density at radius 2 is 2.00 bits per heavy atom. The summed E-state index contributed by atoms with van der Waals surface area (Å²) in [7, 11) is 0. The number of halogens is 2. The molecule has 2 aliphatic rings. The number of aromatic nitrogens is 2. The van der Waals surface area contributed by atoms with E-state index < -0.39 is 11.7 Å². The number of aliphatic hydroxyl groups is 1. The minimum Gasteiger partial charge on any atom is -0.377 e. The van der Waals surface area contributed by atoms with Crippen molar-refractivity contribution >= 4 is 33.9 Å². The molecule has 5 N–H and O–H groups in total. The molecule has 1 saturated carbocycles. The van der Waals surface area contributed by atoms with Crippen LogP contribution in [0.15, 0.2) is 72.7 Å². The molecule has 3 heterocycles. The van der Waals surface area contributed by atoms with Crippen LogP contribution in [0, 0.1) is 35.5 Å². The number of nitriles is 2. The summed E-state index contributed by atoms with van der Waals surface area (Å²) in [6.07, 6.45) is 6.08. The Labute approximate surface area is 258 Å². The molecule has 1 aliphatic carbocycles. The smallest absolute Gasteiger partial charge is 0.213 e. The van der Waals surface area contributed by atoms with Crippen molar-refractivity contribution in [3.8, 4) is 12.1 Å². The van der Waals surface area contributed by atoms with Gasteiger partial charge in [0.1, 0.15) is 11.8 Å². The number of benzene rings is 2. The average molecular weight is 610 g/mol. The van der Waals surface area contributed by atoms with Gasteiger partial charge in [0, 0.05) is 47.2 Å². The van der Waals surface area contributed by atoms with Gasteiger partial charge >= 0.3 is 0 Å². The van der Waals surface area contributed by atoms with Crippen LogP contribution in [0.2, 0.25) is 5.02 Å². The van der Waals surface area contributed by atoms with E-state index in [9.17, 15) is 20.0 Å². The van der Waals surface area contributed by atoms with Crippen LogP contribution >= 0.6 is 11.6 Å². The van der Waals surface area contributed by atoms with Crippen molar-refractivity contribution in [2.75, 3.05) is 10.6 Å². The standard InChI is InChI=1S/C32H29ClFN9O/c1-19-25(11-12-29(34)38-19)32(44,28-18-43(42-41-28)23-9-10-23)40-22-14-24-30(21(16-36)17-37-31(24)26(33)15-22)39-27(8-5-13-35)20-6-3-2-4-7-20/h2-4,6-7,11-12,14-15,17-18,23,27,40-42,44H,5,8-10H2,1H3,(H,37,39)/t27-,32?/m1/s1. The number of hydrazine groups is 2. The van der Waals surface area contributed by atoms with Crippen LogP contribution in [-0.2, 0) is 5.72 Å². The van der Waals surface area contributed by atoms with Crippen LogP contribution in [0.1, 0.15) is 54.1 Å². The van der Waals surface area contributed by atoms with Gasteiger partial charge in [-0.05, 0) is 56.0 Å². The van der Waals surface area contributed by atoms with Crippen molar-refractivity contribution in [2.24, 2.45) is 0 Å². The summed E-state index contributed by atoms with van der Waals surface area (Å²) >= 11 is 6.78. The van der Waals surface area contributed by atoms with Gasteiger partial charge in [0.25, 0.3) is 0 Å². The minimum atomic E-state index is -1.88. The first kappa shape index (κ1) is 29.1. The molecule has 2 aromatic carbocycles. The lowest BCUT2D eigenvalue weighted by atomic mass is 9.97. The Hall–Kier alpha value is -4.94. The Balaban J connectivity index is 1.46. The van der Waals surface area contributed by atoms with Crippen molar-refractivity contribution in [2.45, 2.75) is 50.4 Å². The molecule has 222 valence electrons. The SMILES string of the molecule is Cc1nc(F)ccc1C(O)(Nc1cc(Cl)c2ncc(C#N)c(N[C@H](CCC#N)c3ccccc3)c2c1)C1=CN(C2CC2)NN1. The largest absolute Gasteiger partial charge is 0.377 e. The van der Waals surface area contributed by atoms with E-state index in [2.05, 4.69) is 43.7 Å². The van der Waals surface area contributed by atoms with Crippen LogP contribution in [0.3, 0.4) is 0 Å². The van der Waals surface area contributed by atoms with Crippen molar-refractivity contribution in [3.05, 3.63) is 106 Å². The number of nitrogens with zero attached hydrogens (tertiary/aromatic N) is 5. The van der Waals surface area contributed by atoms with Crippen LogP contribution in [0.4, 0.5) is 15.8 Å². The molecule has 2 atom stereocenters. The van der Waals surface area contributed by atoms with Gasteiger partial charge in [-0.25, -0.2) is 4.98 Å². The van der Waals surface area contributed by atoms with E-state index in [1.54, 1.807) is 25.3 Å². The zero-order valence-corrected chi connectivity index (χ0v) is 24.5. The zero-order chi connectivity index (χ0) is 30.8. The third-order valence-electron chi connectivity index (χ3n) is 7.80. The van der Waals surface area contributed by atoms with Gasteiger partial charge in [-0.1, -0.05) is 41.9 Å². The minimum absolute atomic E-state index is 0.277. The molecular weight excluding hydrogens is 581 g/mol. The van der Waals surface area contributed by atoms with Crippen molar-refractivity contribution in [1.29, 1.82) is 10.5 Å². The van der Waals surface area contributed by atoms with Crippen molar-refractivity contribution in [1.82, 2.24) is 25.9 Å². The fraction of sp³-hybridized carbons (Fsp3) is 0.250. The third-order valence-corrected chi connectivity index (χ3v) is 8.08. The number of pyridine rings is 2. The summed E-state index contributed by atoms with van der Waals surface area (Å²) in [4.78, 5) is 8.41. The Morgan fingerprint density at radius 1 is 1.20 bits per heavy atom. The predicted molar refractivity (Wildman–Crippen MR) is 165 cm³/mol. The fourth-order valence-corrected chi connectivity index (χ4v) is 5.69. The highest BCUT2D eigenvalue weighted by atomic mass is 35.5. The number of hydrogen-bond acceptors (Lipinski definition) is 10. The van der Waals surface area contributed by atoms with Gasteiger partial charge in [0.05, 0.1) is 33.9 Å². The van der Waals surface area contributed by atoms with E-state index in [1.165, 1.54) is 18.3 Å². The summed E-state index contributed by atoms with van der Waals surface area (Å²) < 4.78 is 14.0. The first-order valence-corrected chi connectivity index (χ1v) is 14.6. The number of aryl methyl sites for hydroxylation is 1. The maximum atomic E-state index is 14.0. The summed E-state index contributed by atoms with van der Waals surface area (Å²) in [6.45, 7) is 1.62. The first-order valence-electron chi connectivity index (χ1n) is 14.2. The zero-order valence-electron chi connectivity index (χ0n) is 23.8. The second-order valence-electron chi connectivity index (χ2n) is 10.8. The molecular formula is C32H29ClFN9O. The molecule has 10 nitrogen and oxygen atoms in total. The van der Waals surface area contributed by atoms with E-state index in [1.807, 2.05) is 35.3 Å². The molecule has 0 bridgehead atoms. The maximum absolute atomic E-state index is 14.0. The van der Waals surface area contributed by atoms with Gasteiger partial charge in [-0.3, -0.25) is 9.99 Å². The van der Waals surface area contributed by atoms with Gasteiger partial charge in [-0.15, -0.1) is 5.53 Å². The molecule has 0 spiro atoms. The molecule has 44 heavy (non-hydrogen) atoms. The molecule has 2 aromatic heterocycles. The quantitative estimate of drug-likeness (QED) is 0.113. The van der Waals surface area contributed by atoms with Gasteiger partial charge in [-0.2, -0.15) is 14.9 Å². The van der Waals surface area contributed by atoms with E-state index in [0.29, 0.717) is 63.7 Å². The third kappa shape index (κ3) is 5.69. The lowest BCUT2D eigenvalue weighted by Gasteiger charge is -2.32. The second kappa shape index (κ2) is 12.0. The van der Waals surface area contributed by atoms with E-state index in [-0.39, 0.29) is 11.1 Å². The molecule has 0 radical (unpaired) electrons. The lowest BCUT2D eigenvalue weighted by molar-refractivity contribution is 0.0973. The lowest BCUT2D eigenvalue weighted by Crippen LogP contribution is -2.45. The topological polar surface area (TPSA) is 145 Å². The average Bonchev–Trinajstić information content (AvgIpc) is 3.74. The monoisotopic (exact) mass is 609 g/mol. The summed E-state index contributed by atoms with van der Waals surface area (Å²) in [5, 5.41) is 41.1. The van der Waals surface area contributed by atoms with E-state index in [0.717, 1.165) is 18.4 Å². The van der Waals surface area contributed by atoms with Crippen molar-refractivity contribution < 1.29 is 9.50 Å². The van der Waals surface area contributed by atoms with Crippen LogP contribution < -0.4 is 21.6 Å². The number of anilines is 2. The molecule has 6 rings (SSSR count). The summed E-state index contributed by atoms with van der Waals surface area (Å²) in [5.41, 5.74) is 7.84. The number of rotatable bonds is 10. The molecule has 1 fully saturated rings. The molecule has 12 heteroatoms. The Morgan fingerprint density at radius 3 is 2.70 bits per heavy atom. The van der Waals surface area contributed by atoms with Crippen LogP contribution in [-0.4, -0.2) is 26.1 Å². The van der Waals surface area contributed by atoms with E-state index in [4.69, 9.17) is 11.6 Å². The summed E-state index contributed by atoms with van der Waals surface area (Å²) in [5.74, 6) is -0.663. The number of fused-ring (bicyclic) bond motifs is 1. The van der Waals surface area contributed by atoms with Crippen LogP contribution in [0.25, 0.3) is 10.9 Å². The molecule has 0 saturated heterocycles. The second-order valence-corrected chi connectivity index (χ2v) is 11.2. The van der Waals surface area contributed by atoms with Gasteiger partial charge in [0.15, 0.2) is 0 Å². The first-order chi connectivity index (χ1) is 21.3. The Bertz CT molecular complexity index is 1830. The highest BCUT2D eigenvalue weighted by Crippen LogP contribution is 2.40. The number of hydrogen-bond donors (Lipinski definition) is 5. The molecule has 4 aromatic rings. The Kier molecular flexibility index (Phi) is 7.93. The summed E-state index contributed by atoms with van der Waals surface area (Å²) in [6, 6.07) is 20.2.